The summed E-state index contributed by atoms with van der Waals surface area (Å²) in [4.78, 5) is 22.1. The van der Waals surface area contributed by atoms with Crippen molar-refractivity contribution in [2.75, 3.05) is 44.4 Å². The van der Waals surface area contributed by atoms with Gasteiger partial charge in [-0.2, -0.15) is 0 Å². The highest BCUT2D eigenvalue weighted by atomic mass is 16.5. The lowest BCUT2D eigenvalue weighted by atomic mass is 9.95. The summed E-state index contributed by atoms with van der Waals surface area (Å²) in [7, 11) is 0. The van der Waals surface area contributed by atoms with Crippen LogP contribution in [0.3, 0.4) is 0 Å². The van der Waals surface area contributed by atoms with Gasteiger partial charge in [0.1, 0.15) is 5.69 Å². The third-order valence-electron chi connectivity index (χ3n) is 7.81. The van der Waals surface area contributed by atoms with E-state index >= 15 is 0 Å². The number of nitrogens with zero attached hydrogens (tertiary/aromatic N) is 3. The van der Waals surface area contributed by atoms with Crippen molar-refractivity contribution in [2.45, 2.75) is 51.6 Å². The van der Waals surface area contributed by atoms with Crippen LogP contribution in [0.5, 0.6) is 0 Å². The Kier molecular flexibility index (Phi) is 10.0. The van der Waals surface area contributed by atoms with E-state index < -0.39 is 0 Å². The SMILES string of the molecule is CCOC(=O)/C=C/CN(Cc1ccccc1)C(c1nc(Cc2ccccc2)c(N2CCOCC2)o1)C1CCCC1. The standard InChI is InChI=1S/C33H41N3O4/c1-2-39-30(37)18-11-19-36(25-27-14-7-4-8-15-27)31(28-16-9-10-17-28)32-34-29(24-26-12-5-3-6-13-26)33(40-32)35-20-22-38-23-21-35/h3-8,11-15,18,28,31H,2,9-10,16-17,19-25H2,1H3/b18-11+. The molecule has 5 rings (SSSR count). The Labute approximate surface area is 237 Å². The van der Waals surface area contributed by atoms with Gasteiger partial charge in [0.15, 0.2) is 0 Å². The first-order chi connectivity index (χ1) is 19.7. The van der Waals surface area contributed by atoms with E-state index in [0.717, 1.165) is 56.4 Å². The molecule has 1 aromatic heterocycles. The molecule has 1 unspecified atom stereocenters. The first-order valence-corrected chi connectivity index (χ1v) is 14.7. The van der Waals surface area contributed by atoms with Crippen LogP contribution in [0, 0.1) is 5.92 Å². The van der Waals surface area contributed by atoms with E-state index in [1.54, 1.807) is 6.08 Å². The van der Waals surface area contributed by atoms with Crippen molar-refractivity contribution in [3.8, 4) is 0 Å². The molecule has 7 nitrogen and oxygen atoms in total. The Morgan fingerprint density at radius 1 is 1.05 bits per heavy atom. The van der Waals surface area contributed by atoms with Crippen LogP contribution < -0.4 is 4.90 Å². The molecule has 0 amide bonds. The minimum absolute atomic E-state index is 0.00105. The smallest absolute Gasteiger partial charge is 0.330 e. The molecule has 1 atom stereocenters. The Balaban J connectivity index is 1.51. The van der Waals surface area contributed by atoms with E-state index in [0.29, 0.717) is 32.3 Å². The Morgan fingerprint density at radius 3 is 2.40 bits per heavy atom. The predicted molar refractivity (Wildman–Crippen MR) is 156 cm³/mol. The van der Waals surface area contributed by atoms with E-state index in [1.807, 2.05) is 25.1 Å². The van der Waals surface area contributed by atoms with Crippen LogP contribution in [0.25, 0.3) is 0 Å². The van der Waals surface area contributed by atoms with Gasteiger partial charge >= 0.3 is 5.97 Å². The Hall–Kier alpha value is -3.42. The van der Waals surface area contributed by atoms with Gasteiger partial charge in [-0.1, -0.05) is 79.6 Å². The summed E-state index contributed by atoms with van der Waals surface area (Å²) in [6.45, 7) is 6.48. The van der Waals surface area contributed by atoms with Crippen LogP contribution >= 0.6 is 0 Å². The summed E-state index contributed by atoms with van der Waals surface area (Å²) in [6.07, 6.45) is 8.89. The molecule has 0 N–H and O–H groups in total. The fraction of sp³-hybridized carbons (Fsp3) is 0.455. The van der Waals surface area contributed by atoms with Crippen molar-refractivity contribution in [1.29, 1.82) is 0 Å². The first-order valence-electron chi connectivity index (χ1n) is 14.7. The fourth-order valence-corrected chi connectivity index (χ4v) is 5.90. The van der Waals surface area contributed by atoms with Gasteiger partial charge in [-0.3, -0.25) is 4.90 Å². The number of hydrogen-bond acceptors (Lipinski definition) is 7. The molecule has 7 heteroatoms. The zero-order valence-corrected chi connectivity index (χ0v) is 23.5. The van der Waals surface area contributed by atoms with Gasteiger partial charge in [-0.25, -0.2) is 9.78 Å². The molecule has 1 saturated carbocycles. The molecule has 0 radical (unpaired) electrons. The Bertz CT molecular complexity index is 1220. The third-order valence-corrected chi connectivity index (χ3v) is 7.81. The third kappa shape index (κ3) is 7.40. The topological polar surface area (TPSA) is 68.0 Å². The maximum Gasteiger partial charge on any atom is 0.330 e. The van der Waals surface area contributed by atoms with Crippen LogP contribution in [0.15, 0.2) is 77.2 Å². The van der Waals surface area contributed by atoms with Gasteiger partial charge in [-0.15, -0.1) is 0 Å². The maximum absolute atomic E-state index is 12.1. The van der Waals surface area contributed by atoms with E-state index in [1.165, 1.54) is 24.0 Å². The summed E-state index contributed by atoms with van der Waals surface area (Å²) >= 11 is 0. The van der Waals surface area contributed by atoms with Crippen LogP contribution in [0.4, 0.5) is 5.88 Å². The minimum Gasteiger partial charge on any atom is -0.463 e. The molecule has 3 aromatic rings. The number of carbonyl (C=O) groups excluding carboxylic acids is 1. The molecular formula is C33H41N3O4. The quantitative estimate of drug-likeness (QED) is 0.206. The monoisotopic (exact) mass is 543 g/mol. The number of benzene rings is 2. The van der Waals surface area contributed by atoms with Crippen molar-refractivity contribution >= 4 is 11.9 Å². The number of aromatic nitrogens is 1. The lowest BCUT2D eigenvalue weighted by Crippen LogP contribution is -2.36. The number of rotatable bonds is 12. The molecule has 2 aliphatic rings. The summed E-state index contributed by atoms with van der Waals surface area (Å²) in [5.41, 5.74) is 3.42. The highest BCUT2D eigenvalue weighted by Crippen LogP contribution is 2.42. The zero-order chi connectivity index (χ0) is 27.6. The molecule has 1 aliphatic heterocycles. The summed E-state index contributed by atoms with van der Waals surface area (Å²) in [6, 6.07) is 21.0. The average molecular weight is 544 g/mol. The second-order valence-electron chi connectivity index (χ2n) is 10.6. The second-order valence-corrected chi connectivity index (χ2v) is 10.6. The highest BCUT2D eigenvalue weighted by Gasteiger charge is 2.36. The second kappa shape index (κ2) is 14.3. The van der Waals surface area contributed by atoms with Crippen molar-refractivity contribution in [3.05, 3.63) is 95.5 Å². The van der Waals surface area contributed by atoms with Crippen molar-refractivity contribution in [1.82, 2.24) is 9.88 Å². The van der Waals surface area contributed by atoms with Gasteiger partial charge in [0.25, 0.3) is 0 Å². The number of anilines is 1. The largest absolute Gasteiger partial charge is 0.463 e. The van der Waals surface area contributed by atoms with Crippen LogP contribution in [0.2, 0.25) is 0 Å². The molecule has 2 fully saturated rings. The van der Waals surface area contributed by atoms with E-state index in [4.69, 9.17) is 18.9 Å². The molecule has 0 spiro atoms. The average Bonchev–Trinajstić information content (AvgIpc) is 3.66. The van der Waals surface area contributed by atoms with E-state index in [-0.39, 0.29) is 12.0 Å². The fourth-order valence-electron chi connectivity index (χ4n) is 5.90. The molecular weight excluding hydrogens is 502 g/mol. The number of ether oxygens (including phenoxy) is 2. The maximum atomic E-state index is 12.1. The van der Waals surface area contributed by atoms with Crippen LogP contribution in [0.1, 0.15) is 61.4 Å². The normalized spacial score (nSPS) is 17.1. The molecule has 0 bridgehead atoms. The molecule has 1 aliphatic carbocycles. The van der Waals surface area contributed by atoms with Gasteiger partial charge in [-0.05, 0) is 36.8 Å². The Morgan fingerprint density at radius 2 is 1.73 bits per heavy atom. The van der Waals surface area contributed by atoms with Gasteiger partial charge in [0, 0.05) is 38.7 Å². The molecule has 212 valence electrons. The minimum atomic E-state index is -0.310. The van der Waals surface area contributed by atoms with E-state index in [2.05, 4.69) is 58.3 Å². The van der Waals surface area contributed by atoms with Crippen LogP contribution in [-0.2, 0) is 27.2 Å². The van der Waals surface area contributed by atoms with E-state index in [9.17, 15) is 4.79 Å². The molecule has 1 saturated heterocycles. The number of carbonyl (C=O) groups is 1. The summed E-state index contributed by atoms with van der Waals surface area (Å²) in [5.74, 6) is 1.77. The molecule has 2 aromatic carbocycles. The lowest BCUT2D eigenvalue weighted by Gasteiger charge is -2.33. The predicted octanol–water partition coefficient (Wildman–Crippen LogP) is 5.95. The summed E-state index contributed by atoms with van der Waals surface area (Å²) in [5, 5.41) is 0. The van der Waals surface area contributed by atoms with Gasteiger partial charge in [0.05, 0.1) is 25.9 Å². The number of hydrogen-bond donors (Lipinski definition) is 0. The summed E-state index contributed by atoms with van der Waals surface area (Å²) < 4.78 is 17.6. The van der Waals surface area contributed by atoms with Crippen molar-refractivity contribution in [3.63, 3.8) is 0 Å². The number of esters is 1. The van der Waals surface area contributed by atoms with Crippen molar-refractivity contribution < 1.29 is 18.7 Å². The zero-order valence-electron chi connectivity index (χ0n) is 23.5. The highest BCUT2D eigenvalue weighted by molar-refractivity contribution is 5.81. The first kappa shape index (κ1) is 28.1. The molecule has 40 heavy (non-hydrogen) atoms. The van der Waals surface area contributed by atoms with Crippen LogP contribution in [-0.4, -0.2) is 55.3 Å². The van der Waals surface area contributed by atoms with Crippen molar-refractivity contribution in [2.24, 2.45) is 5.92 Å². The number of morpholine rings is 1. The number of oxazole rings is 1. The lowest BCUT2D eigenvalue weighted by molar-refractivity contribution is -0.137. The van der Waals surface area contributed by atoms with Gasteiger partial charge < -0.3 is 18.8 Å². The molecule has 2 heterocycles. The van der Waals surface area contributed by atoms with Gasteiger partial charge in [0.2, 0.25) is 11.8 Å².